The van der Waals surface area contributed by atoms with Gasteiger partial charge in [0.25, 0.3) is 5.91 Å². The predicted octanol–water partition coefficient (Wildman–Crippen LogP) is 6.17. The van der Waals surface area contributed by atoms with E-state index in [9.17, 15) is 40.8 Å². The molecule has 1 aromatic heterocycles. The van der Waals surface area contributed by atoms with Crippen molar-refractivity contribution in [2.45, 2.75) is 151 Å². The number of methoxy groups -OCH3 is 1. The number of pyridine rings is 1. The van der Waals surface area contributed by atoms with Gasteiger partial charge in [-0.25, -0.2) is 18.2 Å². The van der Waals surface area contributed by atoms with Gasteiger partial charge in [0.1, 0.15) is 35.6 Å². The fourth-order valence-electron chi connectivity index (χ4n) is 9.31. The lowest BCUT2D eigenvalue weighted by Crippen LogP contribution is -2.58. The molecule has 5 aliphatic rings. The molecule has 3 aliphatic heterocycles. The monoisotopic (exact) mass is 932 g/mol. The number of benzene rings is 1. The number of nitrogens with one attached hydrogen (secondary N) is 3. The number of fused-ring (bicyclic) bond motifs is 3. The van der Waals surface area contributed by atoms with Crippen molar-refractivity contribution in [3.8, 4) is 11.5 Å². The van der Waals surface area contributed by atoms with E-state index in [0.717, 1.165) is 39.5 Å². The van der Waals surface area contributed by atoms with Crippen molar-refractivity contribution in [3.63, 3.8) is 0 Å². The summed E-state index contributed by atoms with van der Waals surface area (Å²) in [5.74, 6) is -2.97. The minimum atomic E-state index is -4.84. The molecule has 4 heterocycles. The molecule has 2 saturated carbocycles. The Morgan fingerprint density at radius 1 is 1.09 bits per heavy atom. The van der Waals surface area contributed by atoms with E-state index in [-0.39, 0.29) is 55.8 Å². The van der Waals surface area contributed by atoms with E-state index < -0.39 is 91.8 Å². The molecule has 4 amide bonds. The molecule has 19 heteroatoms. The van der Waals surface area contributed by atoms with Crippen LogP contribution in [-0.4, -0.2) is 115 Å². The number of halogens is 3. The third-order valence-electron chi connectivity index (χ3n) is 14.0. The number of ether oxygens (including phenoxy) is 3. The van der Waals surface area contributed by atoms with Crippen molar-refractivity contribution < 1.29 is 55.0 Å². The van der Waals surface area contributed by atoms with Crippen LogP contribution in [0.4, 0.5) is 18.0 Å². The maximum absolute atomic E-state index is 14.7. The Kier molecular flexibility index (Phi) is 14.3. The number of carbonyl (C=O) groups is 4. The first-order valence-corrected chi connectivity index (χ1v) is 24.5. The second-order valence-electron chi connectivity index (χ2n) is 19.0. The van der Waals surface area contributed by atoms with Gasteiger partial charge >= 0.3 is 12.3 Å². The fraction of sp³-hybridized carbons (Fsp3) is 0.674. The molecule has 65 heavy (non-hydrogen) atoms. The van der Waals surface area contributed by atoms with Gasteiger partial charge in [0.15, 0.2) is 11.4 Å². The van der Waals surface area contributed by atoms with Crippen LogP contribution in [0.3, 0.4) is 0 Å². The van der Waals surface area contributed by atoms with Gasteiger partial charge < -0.3 is 34.6 Å². The Balaban J connectivity index is 1.20. The van der Waals surface area contributed by atoms with Gasteiger partial charge in [-0.05, 0) is 122 Å². The van der Waals surface area contributed by atoms with Crippen LogP contribution in [0, 0.1) is 11.8 Å². The summed E-state index contributed by atoms with van der Waals surface area (Å²) < 4.78 is 88.7. The van der Waals surface area contributed by atoms with Crippen molar-refractivity contribution >= 4 is 44.7 Å². The minimum absolute atomic E-state index is 0.00667. The zero-order chi connectivity index (χ0) is 46.9. The van der Waals surface area contributed by atoms with E-state index in [1.165, 1.54) is 11.0 Å². The number of carbonyl (C=O) groups excluding carboxylic acids is 4. The molecule has 0 radical (unpaired) electrons. The molecule has 6 atom stereocenters. The molecule has 358 valence electrons. The molecule has 15 nitrogen and oxygen atoms in total. The number of nitrogens with zero attached hydrogens (tertiary/aromatic N) is 3. The molecular weight excluding hydrogens is 870 g/mol. The highest BCUT2D eigenvalue weighted by Crippen LogP contribution is 2.48. The highest BCUT2D eigenvalue weighted by atomic mass is 32.2. The van der Waals surface area contributed by atoms with Gasteiger partial charge in [-0.2, -0.15) is 13.2 Å². The number of rotatable bonds is 12. The molecule has 0 spiro atoms. The molecule has 3 N–H and O–H groups in total. The summed E-state index contributed by atoms with van der Waals surface area (Å²) in [4.78, 5) is 64.0. The topological polar surface area (TPSA) is 186 Å². The Morgan fingerprint density at radius 2 is 1.83 bits per heavy atom. The summed E-state index contributed by atoms with van der Waals surface area (Å²) >= 11 is 0. The molecular formula is C46H63F3N6O9S. The van der Waals surface area contributed by atoms with Gasteiger partial charge in [0.2, 0.25) is 21.8 Å². The predicted molar refractivity (Wildman–Crippen MR) is 235 cm³/mol. The Hall–Kier alpha value is -4.65. The van der Waals surface area contributed by atoms with Crippen molar-refractivity contribution in [1.82, 2.24) is 30.1 Å². The summed E-state index contributed by atoms with van der Waals surface area (Å²) in [7, 11) is -0.863. The van der Waals surface area contributed by atoms with Gasteiger partial charge in [-0.15, -0.1) is 0 Å². The van der Waals surface area contributed by atoms with E-state index in [0.29, 0.717) is 49.7 Å². The summed E-state index contributed by atoms with van der Waals surface area (Å²) in [6.07, 6.45) is 3.90. The van der Waals surface area contributed by atoms with Crippen LogP contribution in [0.2, 0.25) is 0 Å². The smallest absolute Gasteiger partial charge is 0.437 e. The molecule has 2 aliphatic carbocycles. The van der Waals surface area contributed by atoms with Crippen molar-refractivity contribution in [2.75, 3.05) is 33.8 Å². The molecule has 2 aromatic rings. The maximum atomic E-state index is 14.7. The first-order valence-electron chi connectivity index (χ1n) is 23.0. The molecule has 0 bridgehead atoms. The number of aryl methyl sites for hydroxylation is 1. The standard InChI is InChI=1S/C46H63F3N6O9S/c1-6-28(2)63-43(59)51-36-13-11-9-7-8-10-12-30-26-45(30,42(58)53-65(60,61)44(3)20-21-44)52-40(56)37-24-29(27-55(37)41(36)57)14-16-33-34-25-32(64-31-18-22-54(4)23-19-31)15-17-35(34)50-39(38(33)62-5)46(47,48)49/h10,12,15,17,25,28-31,36-37H,6-9,11,13-14,16,18-24,26-27H2,1-5H3,(H,51,59)(H,52,56)(H,53,58)/b12-10-/t28-,29-,30+,36-,37-,45+/m0/s1. The van der Waals surface area contributed by atoms with Crippen molar-refractivity contribution in [3.05, 3.63) is 41.6 Å². The second-order valence-corrected chi connectivity index (χ2v) is 21.2. The van der Waals surface area contributed by atoms with Gasteiger partial charge in [0, 0.05) is 36.5 Å². The first kappa shape index (κ1) is 48.3. The third kappa shape index (κ3) is 10.8. The Bertz CT molecular complexity index is 2260. The number of likely N-dealkylation sites (tertiary alicyclic amines) is 1. The molecule has 2 saturated heterocycles. The van der Waals surface area contributed by atoms with E-state index in [1.54, 1.807) is 26.0 Å². The number of piperidine rings is 1. The number of allylic oxidation sites excluding steroid dienone is 1. The highest BCUT2D eigenvalue weighted by Gasteiger charge is 2.63. The maximum Gasteiger partial charge on any atom is 0.437 e. The SMILES string of the molecule is CC[C@H](C)OC(=O)N[C@H]1CCCCC/C=C\[C@@H]2C[C@@]2(C(=O)NS(=O)(=O)C2(C)CC2)NC(=O)[C@@H]2C[C@H](CCc3c(OC)c(C(F)(F)F)nc4ccc(OC5CCN(C)CC5)cc34)CN2C1=O. The number of aromatic nitrogens is 1. The van der Waals surface area contributed by atoms with Crippen LogP contribution >= 0.6 is 0 Å². The van der Waals surface area contributed by atoms with Crippen molar-refractivity contribution in [1.29, 1.82) is 0 Å². The van der Waals surface area contributed by atoms with Crippen LogP contribution in [0.5, 0.6) is 11.5 Å². The fourth-order valence-corrected chi connectivity index (χ4v) is 10.6. The van der Waals surface area contributed by atoms with E-state index in [4.69, 9.17) is 14.2 Å². The largest absolute Gasteiger partial charge is 0.494 e. The lowest BCUT2D eigenvalue weighted by molar-refractivity contribution is -0.142. The number of alkyl halides is 3. The first-order chi connectivity index (χ1) is 30.8. The zero-order valence-electron chi connectivity index (χ0n) is 37.9. The van der Waals surface area contributed by atoms with Crippen LogP contribution in [0.15, 0.2) is 30.4 Å². The Morgan fingerprint density at radius 3 is 2.51 bits per heavy atom. The van der Waals surface area contributed by atoms with Crippen LogP contribution in [0.25, 0.3) is 10.9 Å². The second kappa shape index (κ2) is 19.3. The molecule has 1 aromatic carbocycles. The third-order valence-corrected chi connectivity index (χ3v) is 16.2. The minimum Gasteiger partial charge on any atom is -0.494 e. The summed E-state index contributed by atoms with van der Waals surface area (Å²) in [5.41, 5.74) is -2.42. The zero-order valence-corrected chi connectivity index (χ0v) is 38.7. The van der Waals surface area contributed by atoms with Crippen molar-refractivity contribution in [2.24, 2.45) is 11.8 Å². The van der Waals surface area contributed by atoms with Crippen LogP contribution in [-0.2, 0) is 41.7 Å². The number of sulfonamides is 1. The van der Waals surface area contributed by atoms with Crippen LogP contribution < -0.4 is 24.8 Å². The van der Waals surface area contributed by atoms with E-state index in [1.807, 2.05) is 26.1 Å². The average molecular weight is 933 g/mol. The van der Waals surface area contributed by atoms with Gasteiger partial charge in [-0.3, -0.25) is 19.1 Å². The lowest BCUT2D eigenvalue weighted by atomic mass is 9.93. The molecule has 4 fully saturated rings. The number of hydrogen-bond donors (Lipinski definition) is 3. The molecule has 0 unspecified atom stereocenters. The summed E-state index contributed by atoms with van der Waals surface area (Å²) in [6, 6.07) is 2.58. The lowest BCUT2D eigenvalue weighted by Gasteiger charge is -2.30. The quantitative estimate of drug-likeness (QED) is 0.207. The average Bonchev–Trinajstić information content (AvgIpc) is 4.14. The summed E-state index contributed by atoms with van der Waals surface area (Å²) in [5, 5.41) is 6.03. The van der Waals surface area contributed by atoms with E-state index in [2.05, 4.69) is 25.2 Å². The van der Waals surface area contributed by atoms with Crippen LogP contribution in [0.1, 0.15) is 115 Å². The highest BCUT2D eigenvalue weighted by molar-refractivity contribution is 7.91. The van der Waals surface area contributed by atoms with Gasteiger partial charge in [0.05, 0.1) is 17.4 Å². The van der Waals surface area contributed by atoms with E-state index >= 15 is 0 Å². The summed E-state index contributed by atoms with van der Waals surface area (Å²) in [6.45, 7) is 6.84. The number of alkyl carbamates (subject to hydrolysis) is 1. The number of hydrogen-bond acceptors (Lipinski definition) is 11. The Labute approximate surface area is 379 Å². The molecule has 7 rings (SSSR count). The normalized spacial score (nSPS) is 27.5. The van der Waals surface area contributed by atoms with Gasteiger partial charge in [-0.1, -0.05) is 31.9 Å². The number of amides is 4.